The van der Waals surface area contributed by atoms with Gasteiger partial charge in [0.1, 0.15) is 0 Å². The Morgan fingerprint density at radius 2 is 1.90 bits per heavy atom. The van der Waals surface area contributed by atoms with E-state index in [0.717, 1.165) is 31.6 Å². The topological polar surface area (TPSA) is 56.1 Å². The first-order valence-corrected chi connectivity index (χ1v) is 7.17. The zero-order valence-electron chi connectivity index (χ0n) is 12.4. The third kappa shape index (κ3) is 5.85. The van der Waals surface area contributed by atoms with Gasteiger partial charge in [-0.25, -0.2) is 0 Å². The molecule has 0 spiro atoms. The predicted octanol–water partition coefficient (Wildman–Crippen LogP) is 1.95. The van der Waals surface area contributed by atoms with Crippen molar-refractivity contribution in [3.8, 4) is 6.07 Å². The standard InChI is InChI=1S/C16H23N3O/c1-3-19(4-2)11-5-10-18-16(20)12-14-6-8-15(13-17)9-7-14/h6-9H,3-5,10-12H2,1-2H3,(H,18,20). The molecule has 4 nitrogen and oxygen atoms in total. The Balaban J connectivity index is 2.24. The van der Waals surface area contributed by atoms with Gasteiger partial charge in [0.25, 0.3) is 0 Å². The van der Waals surface area contributed by atoms with Crippen LogP contribution < -0.4 is 5.32 Å². The number of hydrogen-bond donors (Lipinski definition) is 1. The fourth-order valence-corrected chi connectivity index (χ4v) is 2.02. The van der Waals surface area contributed by atoms with Crippen LogP contribution in [0, 0.1) is 11.3 Å². The summed E-state index contributed by atoms with van der Waals surface area (Å²) in [4.78, 5) is 14.1. The van der Waals surface area contributed by atoms with Crippen molar-refractivity contribution in [3.05, 3.63) is 35.4 Å². The van der Waals surface area contributed by atoms with E-state index in [-0.39, 0.29) is 5.91 Å². The summed E-state index contributed by atoms with van der Waals surface area (Å²) in [5.41, 5.74) is 1.55. The third-order valence-corrected chi connectivity index (χ3v) is 3.32. The lowest BCUT2D eigenvalue weighted by atomic mass is 10.1. The maximum absolute atomic E-state index is 11.8. The molecule has 20 heavy (non-hydrogen) atoms. The first kappa shape index (κ1) is 16.2. The van der Waals surface area contributed by atoms with Gasteiger partial charge in [-0.15, -0.1) is 0 Å². The molecule has 0 aliphatic carbocycles. The minimum atomic E-state index is 0.0363. The highest BCUT2D eigenvalue weighted by Crippen LogP contribution is 2.04. The zero-order valence-corrected chi connectivity index (χ0v) is 12.4. The van der Waals surface area contributed by atoms with Crippen molar-refractivity contribution in [3.63, 3.8) is 0 Å². The van der Waals surface area contributed by atoms with E-state index in [1.807, 2.05) is 12.1 Å². The van der Waals surface area contributed by atoms with Gasteiger partial charge in [0, 0.05) is 6.54 Å². The van der Waals surface area contributed by atoms with E-state index >= 15 is 0 Å². The highest BCUT2D eigenvalue weighted by atomic mass is 16.1. The van der Waals surface area contributed by atoms with Crippen LogP contribution in [0.4, 0.5) is 0 Å². The number of nitrogens with one attached hydrogen (secondary N) is 1. The summed E-state index contributed by atoms with van der Waals surface area (Å²) in [5, 5.41) is 11.6. The molecule has 1 rings (SSSR count). The Bertz CT molecular complexity index is 444. The van der Waals surface area contributed by atoms with Crippen molar-refractivity contribution in [1.29, 1.82) is 5.26 Å². The van der Waals surface area contributed by atoms with Gasteiger partial charge in [0.2, 0.25) is 5.91 Å². The van der Waals surface area contributed by atoms with Gasteiger partial charge in [-0.2, -0.15) is 5.26 Å². The second kappa shape index (κ2) is 9.11. The fraction of sp³-hybridized carbons (Fsp3) is 0.500. The average molecular weight is 273 g/mol. The summed E-state index contributed by atoms with van der Waals surface area (Å²) >= 11 is 0. The van der Waals surface area contributed by atoms with Gasteiger partial charge < -0.3 is 10.2 Å². The fourth-order valence-electron chi connectivity index (χ4n) is 2.02. The molecule has 1 N–H and O–H groups in total. The quantitative estimate of drug-likeness (QED) is 0.737. The van der Waals surface area contributed by atoms with E-state index in [0.29, 0.717) is 18.5 Å². The monoisotopic (exact) mass is 273 g/mol. The predicted molar refractivity (Wildman–Crippen MR) is 80.3 cm³/mol. The van der Waals surface area contributed by atoms with Gasteiger partial charge >= 0.3 is 0 Å². The number of nitrogens with zero attached hydrogens (tertiary/aromatic N) is 2. The van der Waals surface area contributed by atoms with Crippen molar-refractivity contribution in [2.45, 2.75) is 26.7 Å². The summed E-state index contributed by atoms with van der Waals surface area (Å²) < 4.78 is 0. The Morgan fingerprint density at radius 3 is 2.45 bits per heavy atom. The molecule has 0 unspecified atom stereocenters. The Morgan fingerprint density at radius 1 is 1.25 bits per heavy atom. The van der Waals surface area contributed by atoms with Crippen LogP contribution in [0.1, 0.15) is 31.4 Å². The first-order chi connectivity index (χ1) is 9.69. The average Bonchev–Trinajstić information content (AvgIpc) is 2.48. The Labute approximate surface area is 121 Å². The van der Waals surface area contributed by atoms with Crippen LogP contribution in [0.3, 0.4) is 0 Å². The number of carbonyl (C=O) groups excluding carboxylic acids is 1. The van der Waals surface area contributed by atoms with Crippen molar-refractivity contribution in [1.82, 2.24) is 10.2 Å². The van der Waals surface area contributed by atoms with Gasteiger partial charge in [0.15, 0.2) is 0 Å². The van der Waals surface area contributed by atoms with Crippen LogP contribution in [0.25, 0.3) is 0 Å². The van der Waals surface area contributed by atoms with E-state index < -0.39 is 0 Å². The molecule has 108 valence electrons. The van der Waals surface area contributed by atoms with Crippen LogP contribution in [0.2, 0.25) is 0 Å². The van der Waals surface area contributed by atoms with E-state index in [2.05, 4.69) is 30.1 Å². The molecule has 0 bridgehead atoms. The maximum atomic E-state index is 11.8. The number of rotatable bonds is 8. The number of nitriles is 1. The van der Waals surface area contributed by atoms with Gasteiger partial charge in [-0.3, -0.25) is 4.79 Å². The molecule has 0 radical (unpaired) electrons. The van der Waals surface area contributed by atoms with Crippen molar-refractivity contribution < 1.29 is 4.79 Å². The van der Waals surface area contributed by atoms with Crippen LogP contribution in [-0.4, -0.2) is 37.0 Å². The zero-order chi connectivity index (χ0) is 14.8. The van der Waals surface area contributed by atoms with Crippen LogP contribution in [0.15, 0.2) is 24.3 Å². The summed E-state index contributed by atoms with van der Waals surface area (Å²) in [5.74, 6) is 0.0363. The van der Waals surface area contributed by atoms with Crippen LogP contribution >= 0.6 is 0 Å². The SMILES string of the molecule is CCN(CC)CCCNC(=O)Cc1ccc(C#N)cc1. The van der Waals surface area contributed by atoms with Crippen molar-refractivity contribution in [2.24, 2.45) is 0 Å². The van der Waals surface area contributed by atoms with Crippen molar-refractivity contribution >= 4 is 5.91 Å². The normalized spacial score (nSPS) is 10.3. The molecule has 0 aliphatic heterocycles. The largest absolute Gasteiger partial charge is 0.356 e. The highest BCUT2D eigenvalue weighted by molar-refractivity contribution is 5.78. The first-order valence-electron chi connectivity index (χ1n) is 7.17. The molecule has 0 aromatic heterocycles. The van der Waals surface area contributed by atoms with Gasteiger partial charge in [0.05, 0.1) is 18.1 Å². The smallest absolute Gasteiger partial charge is 0.224 e. The molecule has 0 saturated heterocycles. The minimum absolute atomic E-state index is 0.0363. The van der Waals surface area contributed by atoms with E-state index in [9.17, 15) is 4.79 Å². The van der Waals surface area contributed by atoms with Gasteiger partial charge in [-0.1, -0.05) is 26.0 Å². The molecule has 0 fully saturated rings. The molecule has 1 amide bonds. The summed E-state index contributed by atoms with van der Waals surface area (Å²) in [6, 6.07) is 9.20. The molecule has 0 atom stereocenters. The number of carbonyl (C=O) groups is 1. The van der Waals surface area contributed by atoms with Gasteiger partial charge in [-0.05, 0) is 43.8 Å². The Hall–Kier alpha value is -1.86. The van der Waals surface area contributed by atoms with E-state index in [4.69, 9.17) is 5.26 Å². The maximum Gasteiger partial charge on any atom is 0.224 e. The van der Waals surface area contributed by atoms with Crippen LogP contribution in [-0.2, 0) is 11.2 Å². The lowest BCUT2D eigenvalue weighted by Gasteiger charge is -2.17. The molecule has 0 aliphatic rings. The minimum Gasteiger partial charge on any atom is -0.356 e. The van der Waals surface area contributed by atoms with Crippen LogP contribution in [0.5, 0.6) is 0 Å². The molecular weight excluding hydrogens is 250 g/mol. The van der Waals surface area contributed by atoms with E-state index in [1.54, 1.807) is 12.1 Å². The number of amides is 1. The lowest BCUT2D eigenvalue weighted by molar-refractivity contribution is -0.120. The molecule has 0 heterocycles. The third-order valence-electron chi connectivity index (χ3n) is 3.32. The summed E-state index contributed by atoms with van der Waals surface area (Å²) in [6.07, 6.45) is 1.35. The highest BCUT2D eigenvalue weighted by Gasteiger charge is 2.04. The summed E-state index contributed by atoms with van der Waals surface area (Å²) in [6.45, 7) is 8.13. The Kier molecular flexibility index (Phi) is 7.38. The number of benzene rings is 1. The van der Waals surface area contributed by atoms with Crippen molar-refractivity contribution in [2.75, 3.05) is 26.2 Å². The second-order valence-electron chi connectivity index (χ2n) is 4.72. The molecule has 0 saturated carbocycles. The molecular formula is C16H23N3O. The lowest BCUT2D eigenvalue weighted by Crippen LogP contribution is -2.30. The van der Waals surface area contributed by atoms with E-state index in [1.165, 1.54) is 0 Å². The second-order valence-corrected chi connectivity index (χ2v) is 4.72. The molecule has 1 aromatic rings. The molecule has 1 aromatic carbocycles. The molecule has 4 heteroatoms. The summed E-state index contributed by atoms with van der Waals surface area (Å²) in [7, 11) is 0. The number of hydrogen-bond acceptors (Lipinski definition) is 3.